The second-order valence-corrected chi connectivity index (χ2v) is 8.65. The van der Waals surface area contributed by atoms with E-state index in [1.807, 2.05) is 42.5 Å². The van der Waals surface area contributed by atoms with Gasteiger partial charge in [0.05, 0.1) is 5.36 Å². The SMILES string of the molecule is CCCCCCCSC1=NN2C(=c3ccccc3=NC2C(=O)c2ccccc2)C(=O)N1. The van der Waals surface area contributed by atoms with Gasteiger partial charge in [0.2, 0.25) is 11.9 Å². The fourth-order valence-corrected chi connectivity index (χ4v) is 4.54. The van der Waals surface area contributed by atoms with E-state index in [-0.39, 0.29) is 11.7 Å². The van der Waals surface area contributed by atoms with E-state index < -0.39 is 6.17 Å². The number of para-hydroxylation sites is 1. The van der Waals surface area contributed by atoms with Crippen LogP contribution in [-0.4, -0.2) is 33.8 Å². The largest absolute Gasteiger partial charge is 0.298 e. The number of benzene rings is 2. The van der Waals surface area contributed by atoms with Crippen molar-refractivity contribution in [3.8, 4) is 0 Å². The van der Waals surface area contributed by atoms with E-state index in [4.69, 9.17) is 0 Å². The van der Waals surface area contributed by atoms with Crippen LogP contribution in [0.4, 0.5) is 0 Å². The average Bonchev–Trinajstić information content (AvgIpc) is 2.80. The summed E-state index contributed by atoms with van der Waals surface area (Å²) in [5, 5.41) is 10.9. The van der Waals surface area contributed by atoms with Crippen LogP contribution in [0.25, 0.3) is 5.70 Å². The topological polar surface area (TPSA) is 74.1 Å². The molecule has 1 atom stereocenters. The van der Waals surface area contributed by atoms with Gasteiger partial charge in [-0.15, -0.1) is 5.10 Å². The van der Waals surface area contributed by atoms with Crippen molar-refractivity contribution in [3.63, 3.8) is 0 Å². The zero-order valence-corrected chi connectivity index (χ0v) is 18.4. The first-order chi connectivity index (χ1) is 15.2. The van der Waals surface area contributed by atoms with Crippen LogP contribution in [-0.2, 0) is 4.79 Å². The third kappa shape index (κ3) is 4.71. The maximum Gasteiger partial charge on any atom is 0.276 e. The summed E-state index contributed by atoms with van der Waals surface area (Å²) in [6.07, 6.45) is 5.02. The molecule has 0 saturated carbocycles. The molecule has 7 heteroatoms. The lowest BCUT2D eigenvalue weighted by atomic mass is 10.1. The van der Waals surface area contributed by atoms with Crippen molar-refractivity contribution in [3.05, 3.63) is 70.7 Å². The van der Waals surface area contributed by atoms with Gasteiger partial charge in [-0.3, -0.25) is 14.9 Å². The summed E-state index contributed by atoms with van der Waals surface area (Å²) in [5.41, 5.74) is 0.911. The third-order valence-electron chi connectivity index (χ3n) is 5.29. The minimum absolute atomic E-state index is 0.185. The first kappa shape index (κ1) is 21.3. The van der Waals surface area contributed by atoms with Gasteiger partial charge in [0.15, 0.2) is 5.17 Å². The van der Waals surface area contributed by atoms with E-state index >= 15 is 0 Å². The van der Waals surface area contributed by atoms with Gasteiger partial charge >= 0.3 is 0 Å². The number of carbonyl (C=O) groups excluding carboxylic acids is 2. The van der Waals surface area contributed by atoms with Crippen molar-refractivity contribution >= 4 is 34.3 Å². The normalized spacial score (nSPS) is 17.3. The Morgan fingerprint density at radius 1 is 1.03 bits per heavy atom. The lowest BCUT2D eigenvalue weighted by Crippen LogP contribution is -2.54. The molecule has 0 fully saturated rings. The number of ketones is 1. The monoisotopic (exact) mass is 434 g/mol. The number of hydrogen-bond donors (Lipinski definition) is 1. The van der Waals surface area contributed by atoms with Gasteiger partial charge in [0, 0.05) is 16.5 Å². The zero-order chi connectivity index (χ0) is 21.6. The van der Waals surface area contributed by atoms with E-state index in [9.17, 15) is 9.59 Å². The molecule has 0 aliphatic carbocycles. The highest BCUT2D eigenvalue weighted by atomic mass is 32.2. The predicted molar refractivity (Wildman–Crippen MR) is 124 cm³/mol. The minimum atomic E-state index is -0.904. The van der Waals surface area contributed by atoms with Crippen molar-refractivity contribution in [2.24, 2.45) is 10.1 Å². The molecular formula is C24H26N4O2S. The number of Topliss-reactive ketones (excluding diaryl/α,β-unsaturated/α-hetero) is 1. The number of amides is 1. The Balaban J connectivity index is 1.63. The van der Waals surface area contributed by atoms with Gasteiger partial charge in [-0.25, -0.2) is 10.0 Å². The first-order valence-electron chi connectivity index (χ1n) is 10.8. The van der Waals surface area contributed by atoms with Crippen molar-refractivity contribution in [2.45, 2.75) is 45.2 Å². The first-order valence-corrected chi connectivity index (χ1v) is 11.8. The number of nitrogens with one attached hydrogen (secondary N) is 1. The summed E-state index contributed by atoms with van der Waals surface area (Å²) in [4.78, 5) is 31.0. The van der Waals surface area contributed by atoms with Crippen LogP contribution in [0.2, 0.25) is 0 Å². The van der Waals surface area contributed by atoms with Crippen LogP contribution in [0.1, 0.15) is 49.4 Å². The predicted octanol–water partition coefficient (Wildman–Crippen LogP) is 3.04. The number of rotatable bonds is 8. The summed E-state index contributed by atoms with van der Waals surface area (Å²) in [6.45, 7) is 2.20. The minimum Gasteiger partial charge on any atom is -0.298 e. The van der Waals surface area contributed by atoms with Crippen LogP contribution in [0.5, 0.6) is 0 Å². The van der Waals surface area contributed by atoms with Gasteiger partial charge in [-0.2, -0.15) is 0 Å². The molecule has 0 bridgehead atoms. The summed E-state index contributed by atoms with van der Waals surface area (Å²) >= 11 is 1.52. The second kappa shape index (κ2) is 9.92. The highest BCUT2D eigenvalue weighted by Gasteiger charge is 2.37. The lowest BCUT2D eigenvalue weighted by molar-refractivity contribution is -0.115. The van der Waals surface area contributed by atoms with Gasteiger partial charge in [-0.1, -0.05) is 92.9 Å². The summed E-state index contributed by atoms with van der Waals surface area (Å²) in [6, 6.07) is 16.4. The van der Waals surface area contributed by atoms with Gasteiger partial charge in [0.1, 0.15) is 5.70 Å². The molecule has 31 heavy (non-hydrogen) atoms. The Morgan fingerprint density at radius 3 is 2.58 bits per heavy atom. The molecule has 0 aromatic heterocycles. The molecule has 2 aliphatic rings. The van der Waals surface area contributed by atoms with E-state index in [1.165, 1.54) is 42.5 Å². The summed E-state index contributed by atoms with van der Waals surface area (Å²) in [5.74, 6) is 0.434. The van der Waals surface area contributed by atoms with Crippen LogP contribution >= 0.6 is 11.8 Å². The number of amidine groups is 1. The Kier molecular flexibility index (Phi) is 6.82. The Bertz CT molecular complexity index is 1110. The third-order valence-corrected chi connectivity index (χ3v) is 6.24. The molecule has 1 amide bonds. The number of hydrogen-bond acceptors (Lipinski definition) is 6. The molecule has 1 N–H and O–H groups in total. The smallest absolute Gasteiger partial charge is 0.276 e. The number of nitrogens with zero attached hydrogens (tertiary/aromatic N) is 3. The Morgan fingerprint density at radius 2 is 1.77 bits per heavy atom. The standard InChI is InChI=1S/C24H26N4O2S/c1-2-3-4-5-11-16-31-24-26-23(30)20-18-14-9-10-15-19(18)25-22(28(20)27-24)21(29)17-12-7-6-8-13-17/h6-10,12-15,22H,2-5,11,16H2,1H3,(H,26,27,30). The van der Waals surface area contributed by atoms with E-state index in [0.717, 1.165) is 12.2 Å². The number of thioether (sulfide) groups is 1. The van der Waals surface area contributed by atoms with Crippen LogP contribution in [0.3, 0.4) is 0 Å². The van der Waals surface area contributed by atoms with Crippen molar-refractivity contribution in [1.29, 1.82) is 0 Å². The molecular weight excluding hydrogens is 408 g/mol. The Hall–Kier alpha value is -2.93. The molecule has 6 nitrogen and oxygen atoms in total. The molecule has 0 spiro atoms. The van der Waals surface area contributed by atoms with Crippen molar-refractivity contribution in [1.82, 2.24) is 10.3 Å². The second-order valence-electron chi connectivity index (χ2n) is 7.57. The molecule has 160 valence electrons. The maximum absolute atomic E-state index is 13.3. The highest BCUT2D eigenvalue weighted by Crippen LogP contribution is 2.23. The van der Waals surface area contributed by atoms with E-state index in [1.54, 1.807) is 12.1 Å². The highest BCUT2D eigenvalue weighted by molar-refractivity contribution is 8.13. The zero-order valence-electron chi connectivity index (χ0n) is 17.6. The molecule has 4 rings (SSSR count). The quantitative estimate of drug-likeness (QED) is 0.512. The fourth-order valence-electron chi connectivity index (χ4n) is 3.69. The summed E-state index contributed by atoms with van der Waals surface area (Å²) in [7, 11) is 0. The van der Waals surface area contributed by atoms with E-state index in [2.05, 4.69) is 22.3 Å². The molecule has 2 aliphatic heterocycles. The average molecular weight is 435 g/mol. The summed E-state index contributed by atoms with van der Waals surface area (Å²) < 4.78 is 0. The molecule has 1 unspecified atom stereocenters. The number of carbonyl (C=O) groups is 2. The molecule has 0 radical (unpaired) electrons. The number of unbranched alkanes of at least 4 members (excludes halogenated alkanes) is 4. The van der Waals surface area contributed by atoms with Gasteiger partial charge in [-0.05, 0) is 12.5 Å². The molecule has 2 heterocycles. The number of fused-ring (bicyclic) bond motifs is 2. The van der Waals surface area contributed by atoms with Gasteiger partial charge in [0.25, 0.3) is 5.91 Å². The van der Waals surface area contributed by atoms with Crippen LogP contribution in [0, 0.1) is 0 Å². The van der Waals surface area contributed by atoms with Crippen LogP contribution < -0.4 is 15.9 Å². The maximum atomic E-state index is 13.3. The van der Waals surface area contributed by atoms with Crippen LogP contribution in [0.15, 0.2) is 64.7 Å². The fraction of sp³-hybridized carbons (Fsp3) is 0.333. The molecule has 0 saturated heterocycles. The van der Waals surface area contributed by atoms with E-state index in [0.29, 0.717) is 27.0 Å². The van der Waals surface area contributed by atoms with Gasteiger partial charge < -0.3 is 0 Å². The molecule has 2 aromatic carbocycles. The van der Waals surface area contributed by atoms with Crippen molar-refractivity contribution < 1.29 is 9.59 Å². The Labute approximate surface area is 186 Å². The number of hydrazone groups is 1. The van der Waals surface area contributed by atoms with Crippen molar-refractivity contribution in [2.75, 3.05) is 5.75 Å². The lowest BCUT2D eigenvalue weighted by Gasteiger charge is -2.33. The molecule has 2 aromatic rings.